The van der Waals surface area contributed by atoms with Gasteiger partial charge in [-0.3, -0.25) is 9.59 Å². The van der Waals surface area contributed by atoms with Crippen molar-refractivity contribution in [1.82, 2.24) is 4.98 Å². The molecule has 4 aromatic rings. The van der Waals surface area contributed by atoms with Gasteiger partial charge in [-0.25, -0.2) is 9.37 Å². The second-order valence-electron chi connectivity index (χ2n) is 7.95. The molecule has 5 rings (SSSR count). The predicted molar refractivity (Wildman–Crippen MR) is 130 cm³/mol. The maximum Gasteiger partial charge on any atom is 0.261 e. The zero-order valence-electron chi connectivity index (χ0n) is 18.0. The average molecular weight is 472 g/mol. The van der Waals surface area contributed by atoms with Crippen molar-refractivity contribution in [3.63, 3.8) is 0 Å². The number of rotatable bonds is 3. The Kier molecular flexibility index (Phi) is 5.82. The molecular weight excluding hydrogens is 453 g/mol. The van der Waals surface area contributed by atoms with E-state index in [4.69, 9.17) is 11.6 Å². The van der Waals surface area contributed by atoms with E-state index in [2.05, 4.69) is 16.4 Å². The van der Waals surface area contributed by atoms with Crippen LogP contribution in [0, 0.1) is 5.82 Å². The SMILES string of the molecule is O=C(Nc1ccc(C(=O)N2Cc3ccccc3Cc3ccccc32)cn1)c1c(F)cccc1Cl. The van der Waals surface area contributed by atoms with Gasteiger partial charge in [0.25, 0.3) is 11.8 Å². The largest absolute Gasteiger partial charge is 0.306 e. The highest BCUT2D eigenvalue weighted by molar-refractivity contribution is 6.34. The lowest BCUT2D eigenvalue weighted by molar-refractivity contribution is 0.0983. The Hall–Kier alpha value is -4.03. The number of carbonyl (C=O) groups excluding carboxylic acids is 2. The molecule has 0 radical (unpaired) electrons. The third-order valence-electron chi connectivity index (χ3n) is 5.80. The van der Waals surface area contributed by atoms with Gasteiger partial charge in [0.15, 0.2) is 0 Å². The van der Waals surface area contributed by atoms with E-state index in [1.54, 1.807) is 11.0 Å². The van der Waals surface area contributed by atoms with Gasteiger partial charge in [0.2, 0.25) is 0 Å². The molecule has 5 nitrogen and oxygen atoms in total. The number of anilines is 2. The number of benzene rings is 3. The topological polar surface area (TPSA) is 62.3 Å². The number of fused-ring (bicyclic) bond motifs is 2. The first-order chi connectivity index (χ1) is 16.5. The minimum atomic E-state index is -0.725. The van der Waals surface area contributed by atoms with Crippen molar-refractivity contribution in [1.29, 1.82) is 0 Å². The first-order valence-corrected chi connectivity index (χ1v) is 11.1. The van der Waals surface area contributed by atoms with Crippen LogP contribution in [0.2, 0.25) is 5.02 Å². The Morgan fingerprint density at radius 2 is 1.62 bits per heavy atom. The number of aromatic nitrogens is 1. The van der Waals surface area contributed by atoms with Crippen molar-refractivity contribution < 1.29 is 14.0 Å². The fourth-order valence-electron chi connectivity index (χ4n) is 4.09. The van der Waals surface area contributed by atoms with E-state index in [9.17, 15) is 14.0 Å². The number of hydrogen-bond acceptors (Lipinski definition) is 3. The summed E-state index contributed by atoms with van der Waals surface area (Å²) in [5.41, 5.74) is 4.32. The molecular formula is C27H19ClFN3O2. The normalized spacial score (nSPS) is 12.4. The lowest BCUT2D eigenvalue weighted by atomic mass is 10.0. The van der Waals surface area contributed by atoms with Gasteiger partial charge in [-0.15, -0.1) is 0 Å². The van der Waals surface area contributed by atoms with E-state index in [1.807, 2.05) is 42.5 Å². The van der Waals surface area contributed by atoms with Crippen LogP contribution in [0.1, 0.15) is 37.4 Å². The molecule has 1 aliphatic rings. The number of hydrogen-bond donors (Lipinski definition) is 1. The molecule has 2 heterocycles. The zero-order valence-corrected chi connectivity index (χ0v) is 18.7. The lowest BCUT2D eigenvalue weighted by Gasteiger charge is -2.23. The highest BCUT2D eigenvalue weighted by Crippen LogP contribution is 2.31. The minimum Gasteiger partial charge on any atom is -0.306 e. The van der Waals surface area contributed by atoms with Crippen LogP contribution in [0.25, 0.3) is 0 Å². The lowest BCUT2D eigenvalue weighted by Crippen LogP contribution is -2.30. The molecule has 7 heteroatoms. The number of amides is 2. The van der Waals surface area contributed by atoms with Crippen LogP contribution in [-0.4, -0.2) is 16.8 Å². The summed E-state index contributed by atoms with van der Waals surface area (Å²) in [6, 6.07) is 23.1. The Morgan fingerprint density at radius 3 is 2.35 bits per heavy atom. The van der Waals surface area contributed by atoms with E-state index in [0.29, 0.717) is 12.1 Å². The molecule has 0 fully saturated rings. The third-order valence-corrected chi connectivity index (χ3v) is 6.11. The maximum absolute atomic E-state index is 14.0. The molecule has 1 N–H and O–H groups in total. The predicted octanol–water partition coefficient (Wildman–Crippen LogP) is 5.88. The van der Waals surface area contributed by atoms with Gasteiger partial charge in [-0.1, -0.05) is 60.1 Å². The molecule has 0 atom stereocenters. The molecule has 0 spiro atoms. The first kappa shape index (κ1) is 21.8. The summed E-state index contributed by atoms with van der Waals surface area (Å²) in [4.78, 5) is 31.9. The number of nitrogens with one attached hydrogen (secondary N) is 1. The average Bonchev–Trinajstić information content (AvgIpc) is 3.01. The molecule has 2 amide bonds. The molecule has 0 bridgehead atoms. The number of carbonyl (C=O) groups is 2. The standard InChI is InChI=1S/C27H19ClFN3O2/c28-21-9-5-10-22(29)25(21)26(33)31-24-13-12-19(15-30-24)27(34)32-16-20-8-2-1-6-17(20)14-18-7-3-4-11-23(18)32/h1-13,15H,14,16H2,(H,30,31,33). The summed E-state index contributed by atoms with van der Waals surface area (Å²) in [6.07, 6.45) is 2.15. The van der Waals surface area contributed by atoms with Crippen molar-refractivity contribution in [3.8, 4) is 0 Å². The van der Waals surface area contributed by atoms with Crippen LogP contribution in [-0.2, 0) is 13.0 Å². The minimum absolute atomic E-state index is 0.00408. The van der Waals surface area contributed by atoms with Gasteiger partial charge in [0.05, 0.1) is 22.7 Å². The van der Waals surface area contributed by atoms with Crippen LogP contribution in [0.3, 0.4) is 0 Å². The van der Waals surface area contributed by atoms with Gasteiger partial charge in [0, 0.05) is 11.9 Å². The fourth-order valence-corrected chi connectivity index (χ4v) is 4.34. The molecule has 34 heavy (non-hydrogen) atoms. The van der Waals surface area contributed by atoms with Crippen molar-refractivity contribution in [2.75, 3.05) is 10.2 Å². The Bertz CT molecular complexity index is 1390. The highest BCUT2D eigenvalue weighted by Gasteiger charge is 2.25. The van der Waals surface area contributed by atoms with E-state index < -0.39 is 11.7 Å². The van der Waals surface area contributed by atoms with Crippen LogP contribution < -0.4 is 10.2 Å². The van der Waals surface area contributed by atoms with Gasteiger partial charge < -0.3 is 10.2 Å². The van der Waals surface area contributed by atoms with Gasteiger partial charge in [0.1, 0.15) is 11.6 Å². The van der Waals surface area contributed by atoms with E-state index in [0.717, 1.165) is 29.3 Å². The maximum atomic E-state index is 14.0. The first-order valence-electron chi connectivity index (χ1n) is 10.7. The smallest absolute Gasteiger partial charge is 0.261 e. The number of pyridine rings is 1. The van der Waals surface area contributed by atoms with Crippen LogP contribution in [0.4, 0.5) is 15.9 Å². The van der Waals surface area contributed by atoms with E-state index in [1.165, 1.54) is 30.0 Å². The van der Waals surface area contributed by atoms with Crippen molar-refractivity contribution in [2.24, 2.45) is 0 Å². The molecule has 1 aromatic heterocycles. The summed E-state index contributed by atoms with van der Waals surface area (Å²) in [5, 5.41) is 2.53. The molecule has 0 saturated carbocycles. The molecule has 0 aliphatic carbocycles. The molecule has 3 aromatic carbocycles. The molecule has 0 saturated heterocycles. The Balaban J connectivity index is 1.40. The molecule has 168 valence electrons. The number of para-hydroxylation sites is 1. The molecule has 1 aliphatic heterocycles. The van der Waals surface area contributed by atoms with Gasteiger partial charge >= 0.3 is 0 Å². The quantitative estimate of drug-likeness (QED) is 0.406. The summed E-state index contributed by atoms with van der Waals surface area (Å²) >= 11 is 5.96. The van der Waals surface area contributed by atoms with Crippen LogP contribution >= 0.6 is 11.6 Å². The van der Waals surface area contributed by atoms with Gasteiger partial charge in [-0.2, -0.15) is 0 Å². The van der Waals surface area contributed by atoms with Crippen LogP contribution in [0.15, 0.2) is 85.1 Å². The number of nitrogens with zero attached hydrogens (tertiary/aromatic N) is 2. The molecule has 0 unspecified atom stereocenters. The second kappa shape index (κ2) is 9.08. The number of halogens is 2. The second-order valence-corrected chi connectivity index (χ2v) is 8.36. The van der Waals surface area contributed by atoms with Crippen molar-refractivity contribution >= 4 is 34.9 Å². The van der Waals surface area contributed by atoms with Crippen LogP contribution in [0.5, 0.6) is 0 Å². The van der Waals surface area contributed by atoms with E-state index >= 15 is 0 Å². The highest BCUT2D eigenvalue weighted by atomic mass is 35.5. The third kappa shape index (κ3) is 4.16. The van der Waals surface area contributed by atoms with Crippen molar-refractivity contribution in [2.45, 2.75) is 13.0 Å². The van der Waals surface area contributed by atoms with Gasteiger partial charge in [-0.05, 0) is 53.4 Å². The Morgan fingerprint density at radius 1 is 0.882 bits per heavy atom. The Labute approximate surface area is 200 Å². The zero-order chi connectivity index (χ0) is 23.7. The fraction of sp³-hybridized carbons (Fsp3) is 0.0741. The summed E-state index contributed by atoms with van der Waals surface area (Å²) in [5.74, 6) is -1.46. The summed E-state index contributed by atoms with van der Waals surface area (Å²) < 4.78 is 14.0. The van der Waals surface area contributed by atoms with Crippen molar-refractivity contribution in [3.05, 3.63) is 124 Å². The summed E-state index contributed by atoms with van der Waals surface area (Å²) in [6.45, 7) is 0.441. The monoisotopic (exact) mass is 471 g/mol. The summed E-state index contributed by atoms with van der Waals surface area (Å²) in [7, 11) is 0. The van der Waals surface area contributed by atoms with E-state index in [-0.39, 0.29) is 22.3 Å².